The molecular formula is CH3N2NaOS. The zero-order valence-corrected chi connectivity index (χ0v) is 6.20. The van der Waals surface area contributed by atoms with E-state index in [4.69, 9.17) is 5.21 Å². The molecule has 30 valence electrons. The Morgan fingerprint density at radius 1 is 1.83 bits per heavy atom. The third-order valence-electron chi connectivity index (χ3n) is 0.0986. The van der Waals surface area contributed by atoms with Gasteiger partial charge in [-0.05, 0) is 0 Å². The number of hydroxylamine groups is 1. The number of rotatable bonds is 0. The van der Waals surface area contributed by atoms with Crippen molar-refractivity contribution < 1.29 is 34.8 Å². The van der Waals surface area contributed by atoms with Crippen LogP contribution in [-0.2, 0) is 0 Å². The van der Waals surface area contributed by atoms with E-state index in [0.717, 1.165) is 0 Å². The second kappa shape index (κ2) is 5.65. The van der Waals surface area contributed by atoms with Crippen LogP contribution in [-0.4, -0.2) is 10.3 Å². The molecule has 0 atom stereocenters. The number of hydrogen-bond donors (Lipinski definition) is 2. The third kappa shape index (κ3) is 8.82. The first-order valence-electron chi connectivity index (χ1n) is 0.916. The van der Waals surface area contributed by atoms with E-state index in [-0.39, 0.29) is 34.7 Å². The van der Waals surface area contributed by atoms with Crippen molar-refractivity contribution in [1.29, 1.82) is 0 Å². The molecule has 0 saturated carbocycles. The second-order valence-electron chi connectivity index (χ2n) is 0.438. The van der Waals surface area contributed by atoms with Crippen LogP contribution >= 0.6 is 12.2 Å². The Balaban J connectivity index is 0. The van der Waals surface area contributed by atoms with Gasteiger partial charge < -0.3 is 16.4 Å². The summed E-state index contributed by atoms with van der Waals surface area (Å²) in [6.45, 7) is 0. The van der Waals surface area contributed by atoms with E-state index < -0.39 is 0 Å². The Labute approximate surface area is 63.1 Å². The van der Waals surface area contributed by atoms with E-state index in [1.54, 1.807) is 0 Å². The second-order valence-corrected chi connectivity index (χ2v) is 0.857. The van der Waals surface area contributed by atoms with Crippen LogP contribution < -0.4 is 35.3 Å². The molecule has 0 rings (SSSR count). The molecule has 0 radical (unpaired) electrons. The summed E-state index contributed by atoms with van der Waals surface area (Å²) in [6.07, 6.45) is 0. The Morgan fingerprint density at radius 3 is 2.00 bits per heavy atom. The maximum atomic E-state index is 7.50. The minimum absolute atomic E-state index is 0. The van der Waals surface area contributed by atoms with Crippen LogP contribution in [0.25, 0.3) is 5.48 Å². The van der Waals surface area contributed by atoms with Crippen molar-refractivity contribution in [3.63, 3.8) is 0 Å². The number of thiocarbonyl (C=S) groups is 1. The van der Waals surface area contributed by atoms with E-state index in [1.165, 1.54) is 0 Å². The molecule has 0 aromatic carbocycles. The van der Waals surface area contributed by atoms with E-state index >= 15 is 0 Å². The van der Waals surface area contributed by atoms with Gasteiger partial charge in [-0.25, -0.2) is 0 Å². The maximum absolute atomic E-state index is 7.50. The average molecular weight is 114 g/mol. The molecule has 0 saturated heterocycles. The summed E-state index contributed by atoms with van der Waals surface area (Å²) < 4.78 is 0. The smallest absolute Gasteiger partial charge is 0.485 e. The standard InChI is InChI=1S/CH4N2OS.Na/c2-1(5)3-4;/h(H4,2,3,4,5);/q;+1/p-1. The average Bonchev–Trinajstić information content (AvgIpc) is 1.38. The molecule has 0 aliphatic heterocycles. The predicted octanol–water partition coefficient (Wildman–Crippen LogP) is -3.00. The summed E-state index contributed by atoms with van der Waals surface area (Å²) in [5, 5.41) is 7.27. The molecule has 5 heteroatoms. The van der Waals surface area contributed by atoms with Gasteiger partial charge in [0.1, 0.15) is 0 Å². The molecular weight excluding hydrogens is 111 g/mol. The van der Waals surface area contributed by atoms with E-state index in [2.05, 4.69) is 23.4 Å². The first kappa shape index (κ1) is 9.82. The minimum Gasteiger partial charge on any atom is -0.485 e. The van der Waals surface area contributed by atoms with Gasteiger partial charge in [-0.1, -0.05) is 12.2 Å². The molecule has 0 unspecified atom stereocenters. The zero-order valence-electron chi connectivity index (χ0n) is 3.38. The number of nitrogens with zero attached hydrogens (tertiary/aromatic N) is 1. The fourth-order valence-electron chi connectivity index (χ4n) is 0. The van der Waals surface area contributed by atoms with Gasteiger partial charge in [0.2, 0.25) is 0 Å². The van der Waals surface area contributed by atoms with Crippen LogP contribution in [0.1, 0.15) is 0 Å². The molecule has 0 heterocycles. The van der Waals surface area contributed by atoms with Crippen LogP contribution in [0.15, 0.2) is 0 Å². The molecule has 0 aliphatic rings. The van der Waals surface area contributed by atoms with Crippen LogP contribution in [0.5, 0.6) is 0 Å². The van der Waals surface area contributed by atoms with Crippen LogP contribution in [0.2, 0.25) is 0 Å². The van der Waals surface area contributed by atoms with Gasteiger partial charge in [0, 0.05) is 5.11 Å². The van der Waals surface area contributed by atoms with E-state index in [9.17, 15) is 0 Å². The van der Waals surface area contributed by atoms with Gasteiger partial charge in [-0.2, -0.15) is 0 Å². The molecule has 0 fully saturated rings. The molecule has 0 aromatic heterocycles. The zero-order chi connectivity index (χ0) is 4.28. The normalized spacial score (nSPS) is 5.50. The number of hydrogen-bond acceptors (Lipinski definition) is 2. The largest absolute Gasteiger partial charge is 1.00 e. The monoisotopic (exact) mass is 114 g/mol. The van der Waals surface area contributed by atoms with Crippen LogP contribution in [0, 0.1) is 0 Å². The fourth-order valence-corrected chi connectivity index (χ4v) is 0. The molecule has 3 nitrogen and oxygen atoms in total. The van der Waals surface area contributed by atoms with E-state index in [1.807, 2.05) is 0 Å². The summed E-state index contributed by atoms with van der Waals surface area (Å²) in [4.78, 5) is 0. The first-order chi connectivity index (χ1) is 2.27. The van der Waals surface area contributed by atoms with Crippen molar-refractivity contribution in [3.8, 4) is 0 Å². The topological polar surface area (TPSA) is 60.4 Å². The van der Waals surface area contributed by atoms with Crippen molar-refractivity contribution in [2.24, 2.45) is 5.73 Å². The van der Waals surface area contributed by atoms with Crippen molar-refractivity contribution in [2.75, 3.05) is 0 Å². The van der Waals surface area contributed by atoms with Crippen LogP contribution in [0.3, 0.4) is 0 Å². The third-order valence-corrected chi connectivity index (χ3v) is 0.180. The van der Waals surface area contributed by atoms with Crippen LogP contribution in [0.4, 0.5) is 0 Å². The van der Waals surface area contributed by atoms with Gasteiger partial charge in [0.05, 0.1) is 0 Å². The van der Waals surface area contributed by atoms with Crippen molar-refractivity contribution in [2.45, 2.75) is 0 Å². The van der Waals surface area contributed by atoms with Crippen molar-refractivity contribution in [3.05, 3.63) is 5.48 Å². The first-order valence-corrected chi connectivity index (χ1v) is 1.32. The molecule has 0 aromatic rings. The molecule has 6 heavy (non-hydrogen) atoms. The minimum atomic E-state index is -0.231. The number of nitrogens with two attached hydrogens (primary N) is 1. The fraction of sp³-hybridized carbons (Fsp3) is 0. The van der Waals surface area contributed by atoms with Gasteiger partial charge in [0.15, 0.2) is 0 Å². The molecule has 0 bridgehead atoms. The molecule has 3 N–H and O–H groups in total. The summed E-state index contributed by atoms with van der Waals surface area (Å²) >= 11 is 4.06. The predicted molar refractivity (Wildman–Crippen MR) is 21.9 cm³/mol. The summed E-state index contributed by atoms with van der Waals surface area (Å²) in [7, 11) is 0. The van der Waals surface area contributed by atoms with Gasteiger partial charge in [0.25, 0.3) is 0 Å². The van der Waals surface area contributed by atoms with Gasteiger partial charge in [-0.3, -0.25) is 0 Å². The molecule has 0 amide bonds. The van der Waals surface area contributed by atoms with Crippen molar-refractivity contribution >= 4 is 17.3 Å². The summed E-state index contributed by atoms with van der Waals surface area (Å²) in [5.41, 5.74) is 7.00. The van der Waals surface area contributed by atoms with Gasteiger partial charge >= 0.3 is 29.6 Å². The Hall–Kier alpha value is 0.650. The quantitative estimate of drug-likeness (QED) is 0.200. The summed E-state index contributed by atoms with van der Waals surface area (Å²) in [6, 6.07) is 0. The maximum Gasteiger partial charge on any atom is 1.00 e. The Morgan fingerprint density at radius 2 is 2.00 bits per heavy atom. The van der Waals surface area contributed by atoms with Crippen molar-refractivity contribution in [1.82, 2.24) is 0 Å². The SMILES string of the molecule is NC(=S)[N-]O.[Na+]. The van der Waals surface area contributed by atoms with E-state index in [0.29, 0.717) is 0 Å². The summed E-state index contributed by atoms with van der Waals surface area (Å²) in [5.74, 6) is 0. The Bertz CT molecular complexity index is 48.8. The van der Waals surface area contributed by atoms with Gasteiger partial charge in [-0.15, -0.1) is 0 Å². The molecule has 0 aliphatic carbocycles. The molecule has 0 spiro atoms. The Kier molecular flexibility index (Phi) is 9.25.